The summed E-state index contributed by atoms with van der Waals surface area (Å²) in [5.41, 5.74) is -0.702. The molecule has 6 nitrogen and oxygen atoms in total. The standard InChI is InChI=1S/C13H24N4O2S/c1-6-7-13(5,8-18)15-10(19)14-11-17-16-9(20-11)12(2,3)4/h18H,6-8H2,1-5H3,(H2,14,15,17,19). The normalized spacial score (nSPS) is 14.7. The molecule has 0 aliphatic rings. The van der Waals surface area contributed by atoms with Gasteiger partial charge in [0, 0.05) is 5.41 Å². The Kier molecular flexibility index (Phi) is 5.47. The van der Waals surface area contributed by atoms with Gasteiger partial charge in [0.15, 0.2) is 0 Å². The van der Waals surface area contributed by atoms with Crippen LogP contribution in [-0.2, 0) is 5.41 Å². The van der Waals surface area contributed by atoms with Crippen LogP contribution >= 0.6 is 11.3 Å². The summed E-state index contributed by atoms with van der Waals surface area (Å²) in [6.45, 7) is 9.85. The van der Waals surface area contributed by atoms with Crippen molar-refractivity contribution in [3.63, 3.8) is 0 Å². The van der Waals surface area contributed by atoms with E-state index in [0.29, 0.717) is 11.6 Å². The molecule has 0 saturated carbocycles. The van der Waals surface area contributed by atoms with Gasteiger partial charge >= 0.3 is 6.03 Å². The van der Waals surface area contributed by atoms with Crippen LogP contribution in [0.15, 0.2) is 0 Å². The van der Waals surface area contributed by atoms with Gasteiger partial charge in [0.1, 0.15) is 5.01 Å². The maximum atomic E-state index is 11.9. The molecule has 1 aromatic rings. The van der Waals surface area contributed by atoms with Crippen LogP contribution in [0.4, 0.5) is 9.93 Å². The number of carbonyl (C=O) groups excluding carboxylic acids is 1. The number of urea groups is 1. The number of aliphatic hydroxyl groups is 1. The van der Waals surface area contributed by atoms with Gasteiger partial charge in [0.2, 0.25) is 5.13 Å². The number of hydrogen-bond acceptors (Lipinski definition) is 5. The molecular weight excluding hydrogens is 276 g/mol. The van der Waals surface area contributed by atoms with Crippen molar-refractivity contribution < 1.29 is 9.90 Å². The Morgan fingerprint density at radius 3 is 2.40 bits per heavy atom. The lowest BCUT2D eigenvalue weighted by Crippen LogP contribution is -2.50. The summed E-state index contributed by atoms with van der Waals surface area (Å²) in [7, 11) is 0. The monoisotopic (exact) mass is 300 g/mol. The zero-order valence-corrected chi connectivity index (χ0v) is 13.6. The van der Waals surface area contributed by atoms with Crippen LogP contribution in [0.25, 0.3) is 0 Å². The van der Waals surface area contributed by atoms with Gasteiger partial charge in [-0.1, -0.05) is 45.5 Å². The van der Waals surface area contributed by atoms with Crippen molar-refractivity contribution in [1.82, 2.24) is 15.5 Å². The Bertz CT molecular complexity index is 455. The van der Waals surface area contributed by atoms with Crippen molar-refractivity contribution in [1.29, 1.82) is 0 Å². The smallest absolute Gasteiger partial charge is 0.321 e. The molecule has 2 amide bonds. The molecule has 0 bridgehead atoms. The van der Waals surface area contributed by atoms with Gasteiger partial charge in [0.05, 0.1) is 12.1 Å². The molecule has 0 aliphatic carbocycles. The molecule has 1 rings (SSSR count). The van der Waals surface area contributed by atoms with Crippen LogP contribution in [0.1, 0.15) is 52.5 Å². The third-order valence-electron chi connectivity index (χ3n) is 2.85. The lowest BCUT2D eigenvalue weighted by molar-refractivity contribution is 0.167. The molecule has 0 aliphatic heterocycles. The SMILES string of the molecule is CCCC(C)(CO)NC(=O)Nc1nnc(C(C)(C)C)s1. The van der Waals surface area contributed by atoms with E-state index >= 15 is 0 Å². The Hall–Kier alpha value is -1.21. The number of nitrogens with zero attached hydrogens (tertiary/aromatic N) is 2. The summed E-state index contributed by atoms with van der Waals surface area (Å²) in [5, 5.41) is 24.2. The number of anilines is 1. The minimum Gasteiger partial charge on any atom is -0.394 e. The van der Waals surface area contributed by atoms with E-state index in [-0.39, 0.29) is 18.1 Å². The first-order chi connectivity index (χ1) is 9.20. The summed E-state index contributed by atoms with van der Waals surface area (Å²) in [6, 6.07) is -0.369. The summed E-state index contributed by atoms with van der Waals surface area (Å²) in [5.74, 6) is 0. The van der Waals surface area contributed by atoms with Crippen molar-refractivity contribution in [3.8, 4) is 0 Å². The van der Waals surface area contributed by atoms with Crippen LogP contribution in [0, 0.1) is 0 Å². The number of rotatable bonds is 5. The van der Waals surface area contributed by atoms with E-state index in [9.17, 15) is 9.90 Å². The molecule has 1 heterocycles. The van der Waals surface area contributed by atoms with Crippen molar-refractivity contribution in [3.05, 3.63) is 5.01 Å². The molecule has 0 saturated heterocycles. The topological polar surface area (TPSA) is 87.1 Å². The van der Waals surface area contributed by atoms with E-state index in [1.165, 1.54) is 11.3 Å². The molecule has 114 valence electrons. The van der Waals surface area contributed by atoms with E-state index in [1.54, 1.807) is 0 Å². The summed E-state index contributed by atoms with van der Waals surface area (Å²) in [4.78, 5) is 11.9. The first kappa shape index (κ1) is 16.8. The summed E-state index contributed by atoms with van der Waals surface area (Å²) >= 11 is 1.36. The molecule has 0 aromatic carbocycles. The molecule has 0 radical (unpaired) electrons. The van der Waals surface area contributed by atoms with Crippen LogP contribution in [0.3, 0.4) is 0 Å². The minimum absolute atomic E-state index is 0.0874. The van der Waals surface area contributed by atoms with Gasteiger partial charge in [-0.15, -0.1) is 10.2 Å². The molecule has 0 fully saturated rings. The molecule has 0 spiro atoms. The Morgan fingerprint density at radius 2 is 1.95 bits per heavy atom. The first-order valence-corrected chi connectivity index (χ1v) is 7.56. The Morgan fingerprint density at radius 1 is 1.30 bits per heavy atom. The van der Waals surface area contributed by atoms with Gasteiger partial charge in [-0.05, 0) is 13.3 Å². The third kappa shape index (κ3) is 4.72. The summed E-state index contributed by atoms with van der Waals surface area (Å²) in [6.07, 6.45) is 1.59. The lowest BCUT2D eigenvalue weighted by atomic mass is 9.98. The van der Waals surface area contributed by atoms with Crippen LogP contribution in [0.2, 0.25) is 0 Å². The molecule has 1 aromatic heterocycles. The fourth-order valence-electron chi connectivity index (χ4n) is 1.71. The molecule has 20 heavy (non-hydrogen) atoms. The van der Waals surface area contributed by atoms with Crippen molar-refractivity contribution in [2.24, 2.45) is 0 Å². The van der Waals surface area contributed by atoms with E-state index < -0.39 is 5.54 Å². The number of amides is 2. The number of nitrogens with one attached hydrogen (secondary N) is 2. The van der Waals surface area contributed by atoms with Crippen molar-refractivity contribution in [2.75, 3.05) is 11.9 Å². The Balaban J connectivity index is 2.65. The van der Waals surface area contributed by atoms with Crippen LogP contribution in [0.5, 0.6) is 0 Å². The quantitative estimate of drug-likeness (QED) is 0.779. The Labute approximate surface area is 124 Å². The fourth-order valence-corrected chi connectivity index (χ4v) is 2.51. The largest absolute Gasteiger partial charge is 0.394 e. The molecule has 7 heteroatoms. The molecule has 3 N–H and O–H groups in total. The third-order valence-corrected chi connectivity index (χ3v) is 4.12. The zero-order valence-electron chi connectivity index (χ0n) is 12.8. The highest BCUT2D eigenvalue weighted by atomic mass is 32.1. The minimum atomic E-state index is -0.615. The van der Waals surface area contributed by atoms with E-state index in [4.69, 9.17) is 0 Å². The second kappa shape index (κ2) is 6.49. The van der Waals surface area contributed by atoms with E-state index in [1.807, 2.05) is 34.6 Å². The predicted molar refractivity (Wildman–Crippen MR) is 81.2 cm³/mol. The lowest BCUT2D eigenvalue weighted by Gasteiger charge is -2.28. The van der Waals surface area contributed by atoms with Gasteiger partial charge in [-0.25, -0.2) is 4.79 Å². The summed E-state index contributed by atoms with van der Waals surface area (Å²) < 4.78 is 0. The van der Waals surface area contributed by atoms with Gasteiger partial charge in [-0.2, -0.15) is 0 Å². The second-order valence-corrected chi connectivity index (χ2v) is 7.19. The van der Waals surface area contributed by atoms with Gasteiger partial charge < -0.3 is 10.4 Å². The average molecular weight is 300 g/mol. The first-order valence-electron chi connectivity index (χ1n) is 6.74. The maximum absolute atomic E-state index is 11.9. The van der Waals surface area contributed by atoms with E-state index in [2.05, 4.69) is 20.8 Å². The average Bonchev–Trinajstić information content (AvgIpc) is 2.77. The number of aliphatic hydroxyl groups excluding tert-OH is 1. The number of aromatic nitrogens is 2. The number of hydrogen-bond donors (Lipinski definition) is 3. The van der Waals surface area contributed by atoms with Gasteiger partial charge in [0.25, 0.3) is 0 Å². The highest BCUT2D eigenvalue weighted by Gasteiger charge is 2.25. The molecule has 1 unspecified atom stereocenters. The number of carbonyl (C=O) groups is 1. The van der Waals surface area contributed by atoms with Crippen molar-refractivity contribution >= 4 is 22.5 Å². The predicted octanol–water partition coefficient (Wildman–Crippen LogP) is 2.51. The highest BCUT2D eigenvalue weighted by molar-refractivity contribution is 7.15. The highest BCUT2D eigenvalue weighted by Crippen LogP contribution is 2.27. The molecular formula is C13H24N4O2S. The fraction of sp³-hybridized carbons (Fsp3) is 0.769. The zero-order chi connectivity index (χ0) is 15.4. The second-order valence-electron chi connectivity index (χ2n) is 6.21. The maximum Gasteiger partial charge on any atom is 0.321 e. The van der Waals surface area contributed by atoms with Gasteiger partial charge in [-0.3, -0.25) is 5.32 Å². The van der Waals surface area contributed by atoms with E-state index in [0.717, 1.165) is 11.4 Å². The van der Waals surface area contributed by atoms with Crippen LogP contribution < -0.4 is 10.6 Å². The van der Waals surface area contributed by atoms with Crippen molar-refractivity contribution in [2.45, 2.75) is 58.4 Å². The van der Waals surface area contributed by atoms with Crippen LogP contribution in [-0.4, -0.2) is 33.5 Å². The molecule has 1 atom stereocenters.